The smallest absolute Gasteiger partial charge is 0.408 e. The molecule has 0 bridgehead atoms. The number of rotatable bonds is 4. The number of alkyl carbamates (subject to hydrolysis) is 1. The molecule has 1 aliphatic heterocycles. The number of benzene rings is 1. The fourth-order valence-corrected chi connectivity index (χ4v) is 2.44. The topological polar surface area (TPSA) is 115 Å². The molecule has 0 unspecified atom stereocenters. The molecule has 0 radical (unpaired) electrons. The predicted molar refractivity (Wildman–Crippen MR) is 94.1 cm³/mol. The zero-order chi connectivity index (χ0) is 20.5. The summed E-state index contributed by atoms with van der Waals surface area (Å²) in [7, 11) is 0. The Kier molecular flexibility index (Phi) is 4.91. The Morgan fingerprint density at radius 1 is 1.11 bits per heavy atom. The van der Waals surface area contributed by atoms with Gasteiger partial charge in [-0.25, -0.2) is 9.59 Å². The molecule has 1 aromatic carbocycles. The summed E-state index contributed by atoms with van der Waals surface area (Å²) in [5, 5.41) is 2.90. The fourth-order valence-electron chi connectivity index (χ4n) is 2.44. The van der Waals surface area contributed by atoms with Gasteiger partial charge in [-0.15, -0.1) is 0 Å². The van der Waals surface area contributed by atoms with Crippen LogP contribution in [-0.4, -0.2) is 34.5 Å². The number of carbonyl (C=O) groups excluding carboxylic acids is 4. The Morgan fingerprint density at radius 3 is 2.29 bits per heavy atom. The number of hydroxylamine groups is 2. The molecule has 0 saturated carbocycles. The van der Waals surface area contributed by atoms with E-state index in [2.05, 4.69) is 5.32 Å². The molecule has 2 aromatic rings. The SMILES string of the molecule is CC(C)(C)OC(=O)NCc1cc(C(=O)ON2C(=O)c3ccccc3C2=O)co1. The highest BCUT2D eigenvalue weighted by Crippen LogP contribution is 2.23. The second-order valence-corrected chi connectivity index (χ2v) is 6.99. The van der Waals surface area contributed by atoms with E-state index in [4.69, 9.17) is 14.0 Å². The summed E-state index contributed by atoms with van der Waals surface area (Å²) in [6.07, 6.45) is 0.464. The zero-order valence-electron chi connectivity index (χ0n) is 15.5. The molecule has 9 nitrogen and oxygen atoms in total. The maximum atomic E-state index is 12.2. The van der Waals surface area contributed by atoms with Crippen LogP contribution in [0.15, 0.2) is 41.0 Å². The van der Waals surface area contributed by atoms with Gasteiger partial charge in [-0.3, -0.25) is 9.59 Å². The Bertz CT molecular complexity index is 920. The predicted octanol–water partition coefficient (Wildman–Crippen LogP) is 2.67. The number of hydrogen-bond acceptors (Lipinski definition) is 7. The fraction of sp³-hybridized carbons (Fsp3) is 0.263. The molecular formula is C19H18N2O7. The number of nitrogens with zero attached hydrogens (tertiary/aromatic N) is 1. The quantitative estimate of drug-likeness (QED) is 0.803. The van der Waals surface area contributed by atoms with Crippen molar-refractivity contribution in [3.8, 4) is 0 Å². The maximum absolute atomic E-state index is 12.2. The molecule has 28 heavy (non-hydrogen) atoms. The molecule has 0 fully saturated rings. The van der Waals surface area contributed by atoms with Crippen molar-refractivity contribution in [3.05, 3.63) is 59.0 Å². The zero-order valence-corrected chi connectivity index (χ0v) is 15.5. The molecule has 0 spiro atoms. The lowest BCUT2D eigenvalue weighted by molar-refractivity contribution is -0.0585. The largest absolute Gasteiger partial charge is 0.467 e. The van der Waals surface area contributed by atoms with Crippen LogP contribution in [0.1, 0.15) is 57.6 Å². The van der Waals surface area contributed by atoms with Gasteiger partial charge in [0.15, 0.2) is 0 Å². The van der Waals surface area contributed by atoms with E-state index < -0.39 is 29.5 Å². The molecular weight excluding hydrogens is 368 g/mol. The van der Waals surface area contributed by atoms with Gasteiger partial charge < -0.3 is 19.3 Å². The van der Waals surface area contributed by atoms with Crippen LogP contribution in [0, 0.1) is 0 Å². The lowest BCUT2D eigenvalue weighted by Crippen LogP contribution is -2.32. The van der Waals surface area contributed by atoms with Crippen molar-refractivity contribution in [3.63, 3.8) is 0 Å². The standard InChI is InChI=1S/C19H18N2O7/c1-19(2,3)27-18(25)20-9-12-8-11(10-26-12)17(24)28-21-15(22)13-6-4-5-7-14(13)16(21)23/h4-8,10H,9H2,1-3H3,(H,20,25). The first-order valence-corrected chi connectivity index (χ1v) is 8.40. The van der Waals surface area contributed by atoms with Crippen molar-refractivity contribution in [1.82, 2.24) is 10.4 Å². The van der Waals surface area contributed by atoms with Gasteiger partial charge in [0.1, 0.15) is 23.2 Å². The summed E-state index contributed by atoms with van der Waals surface area (Å²) in [5.74, 6) is -2.12. The average molecular weight is 386 g/mol. The molecule has 146 valence electrons. The van der Waals surface area contributed by atoms with E-state index in [-0.39, 0.29) is 29.0 Å². The van der Waals surface area contributed by atoms with Crippen LogP contribution < -0.4 is 5.32 Å². The normalized spacial score (nSPS) is 13.3. The lowest BCUT2D eigenvalue weighted by Gasteiger charge is -2.19. The van der Waals surface area contributed by atoms with Crippen molar-refractivity contribution in [1.29, 1.82) is 0 Å². The minimum Gasteiger partial charge on any atom is -0.467 e. The number of hydrogen-bond donors (Lipinski definition) is 1. The number of amides is 3. The molecule has 0 aliphatic carbocycles. The van der Waals surface area contributed by atoms with Gasteiger partial charge in [-0.1, -0.05) is 17.2 Å². The molecule has 0 saturated heterocycles. The van der Waals surface area contributed by atoms with Gasteiger partial charge in [-0.2, -0.15) is 0 Å². The summed E-state index contributed by atoms with van der Waals surface area (Å²) in [4.78, 5) is 53.2. The third kappa shape index (κ3) is 4.03. The summed E-state index contributed by atoms with van der Waals surface area (Å²) in [5.41, 5.74) is -0.337. The average Bonchev–Trinajstić information content (AvgIpc) is 3.18. The van der Waals surface area contributed by atoms with Gasteiger partial charge in [0, 0.05) is 0 Å². The van der Waals surface area contributed by atoms with Crippen molar-refractivity contribution in [2.75, 3.05) is 0 Å². The summed E-state index contributed by atoms with van der Waals surface area (Å²) in [6, 6.07) is 7.49. The summed E-state index contributed by atoms with van der Waals surface area (Å²) >= 11 is 0. The molecule has 9 heteroatoms. The van der Waals surface area contributed by atoms with Gasteiger partial charge in [0.25, 0.3) is 11.8 Å². The van der Waals surface area contributed by atoms with Gasteiger partial charge in [0.2, 0.25) is 0 Å². The Balaban J connectivity index is 1.60. The van der Waals surface area contributed by atoms with Crippen LogP contribution in [0.5, 0.6) is 0 Å². The van der Waals surface area contributed by atoms with Crippen LogP contribution in [0.4, 0.5) is 4.79 Å². The van der Waals surface area contributed by atoms with Crippen LogP contribution in [-0.2, 0) is 16.1 Å². The third-order valence-electron chi connectivity index (χ3n) is 3.63. The van der Waals surface area contributed by atoms with E-state index in [1.807, 2.05) is 0 Å². The number of imide groups is 1. The lowest BCUT2D eigenvalue weighted by atomic mass is 10.1. The minimum absolute atomic E-state index is 0.0162. The minimum atomic E-state index is -0.943. The van der Waals surface area contributed by atoms with Crippen LogP contribution >= 0.6 is 0 Å². The van der Waals surface area contributed by atoms with E-state index in [9.17, 15) is 19.2 Å². The highest BCUT2D eigenvalue weighted by atomic mass is 16.7. The maximum Gasteiger partial charge on any atom is 0.408 e. The second kappa shape index (κ2) is 7.18. The highest BCUT2D eigenvalue weighted by molar-refractivity contribution is 6.21. The first-order chi connectivity index (χ1) is 13.2. The first-order valence-electron chi connectivity index (χ1n) is 8.40. The molecule has 3 rings (SSSR count). The van der Waals surface area contributed by atoms with Crippen molar-refractivity contribution >= 4 is 23.9 Å². The van der Waals surface area contributed by atoms with Gasteiger partial charge in [-0.05, 0) is 39.0 Å². The molecule has 3 amide bonds. The summed E-state index contributed by atoms with van der Waals surface area (Å²) in [6.45, 7) is 5.17. The Labute approximate surface area is 160 Å². The van der Waals surface area contributed by atoms with Gasteiger partial charge in [0.05, 0.1) is 17.7 Å². The highest BCUT2D eigenvalue weighted by Gasteiger charge is 2.39. The molecule has 1 aromatic heterocycles. The monoisotopic (exact) mass is 386 g/mol. The number of furan rings is 1. The van der Waals surface area contributed by atoms with Crippen molar-refractivity contribution in [2.45, 2.75) is 32.9 Å². The Hall–Kier alpha value is -3.62. The van der Waals surface area contributed by atoms with E-state index in [0.717, 1.165) is 6.26 Å². The number of nitrogens with one attached hydrogen (secondary N) is 1. The van der Waals surface area contributed by atoms with E-state index >= 15 is 0 Å². The van der Waals surface area contributed by atoms with Crippen molar-refractivity contribution in [2.24, 2.45) is 0 Å². The Morgan fingerprint density at radius 2 is 1.71 bits per heavy atom. The summed E-state index contributed by atoms with van der Waals surface area (Å²) < 4.78 is 10.3. The van der Waals surface area contributed by atoms with Crippen molar-refractivity contribution < 1.29 is 33.2 Å². The van der Waals surface area contributed by atoms with Gasteiger partial charge >= 0.3 is 12.1 Å². The van der Waals surface area contributed by atoms with Crippen LogP contribution in [0.3, 0.4) is 0 Å². The number of carbonyl (C=O) groups is 4. The molecule has 1 N–H and O–H groups in total. The molecule has 1 aliphatic rings. The first kappa shape index (κ1) is 19.2. The number of ether oxygens (including phenoxy) is 1. The molecule has 0 atom stereocenters. The van der Waals surface area contributed by atoms with E-state index in [1.165, 1.54) is 18.2 Å². The van der Waals surface area contributed by atoms with Crippen LogP contribution in [0.2, 0.25) is 0 Å². The molecule has 2 heterocycles. The van der Waals surface area contributed by atoms with Crippen LogP contribution in [0.25, 0.3) is 0 Å². The third-order valence-corrected chi connectivity index (χ3v) is 3.63. The van der Waals surface area contributed by atoms with E-state index in [1.54, 1.807) is 32.9 Å². The number of fused-ring (bicyclic) bond motifs is 1. The van der Waals surface area contributed by atoms with E-state index in [0.29, 0.717) is 5.06 Å². The second-order valence-electron chi connectivity index (χ2n) is 6.99.